The molecule has 3 rings (SSSR count). The number of nitrogens with one attached hydrogen (secondary N) is 1. The average molecular weight is 302 g/mol. The minimum Gasteiger partial charge on any atom is -0.342 e. The van der Waals surface area contributed by atoms with Crippen LogP contribution in [0.5, 0.6) is 0 Å². The molecule has 0 aliphatic heterocycles. The summed E-state index contributed by atoms with van der Waals surface area (Å²) in [5.74, 6) is -0.141. The van der Waals surface area contributed by atoms with Crippen molar-refractivity contribution in [1.82, 2.24) is 15.3 Å². The van der Waals surface area contributed by atoms with E-state index in [1.165, 1.54) is 18.7 Å². The Morgan fingerprint density at radius 3 is 2.57 bits per heavy atom. The smallest absolute Gasteiger partial charge is 0.255 e. The van der Waals surface area contributed by atoms with Crippen molar-refractivity contribution in [2.45, 2.75) is 31.2 Å². The number of hydrogen-bond acceptors (Lipinski definition) is 3. The fourth-order valence-corrected chi connectivity index (χ4v) is 3.15. The van der Waals surface area contributed by atoms with Crippen LogP contribution in [0.4, 0.5) is 0 Å². The summed E-state index contributed by atoms with van der Waals surface area (Å²) in [5.41, 5.74) is 1.21. The van der Waals surface area contributed by atoms with Crippen molar-refractivity contribution < 1.29 is 4.79 Å². The highest BCUT2D eigenvalue weighted by atomic mass is 35.5. The SMILES string of the molecule is O=C(NC1(c2cccc(Cl)c2)CCCC1)c1cncnc1. The van der Waals surface area contributed by atoms with Crippen LogP contribution in [-0.2, 0) is 5.54 Å². The maximum atomic E-state index is 12.4. The molecule has 1 heterocycles. The number of aromatic nitrogens is 2. The summed E-state index contributed by atoms with van der Waals surface area (Å²) >= 11 is 6.11. The van der Waals surface area contributed by atoms with Gasteiger partial charge in [0.05, 0.1) is 11.1 Å². The lowest BCUT2D eigenvalue weighted by atomic mass is 9.88. The van der Waals surface area contributed by atoms with Crippen LogP contribution in [0.2, 0.25) is 5.02 Å². The van der Waals surface area contributed by atoms with Gasteiger partial charge >= 0.3 is 0 Å². The third kappa shape index (κ3) is 2.90. The van der Waals surface area contributed by atoms with Gasteiger partial charge in [0, 0.05) is 17.4 Å². The Labute approximate surface area is 128 Å². The van der Waals surface area contributed by atoms with Gasteiger partial charge in [-0.25, -0.2) is 9.97 Å². The van der Waals surface area contributed by atoms with E-state index >= 15 is 0 Å². The number of rotatable bonds is 3. The number of halogens is 1. The second-order valence-corrected chi connectivity index (χ2v) is 5.82. The molecule has 1 aromatic carbocycles. The highest BCUT2D eigenvalue weighted by Crippen LogP contribution is 2.39. The highest BCUT2D eigenvalue weighted by Gasteiger charge is 2.37. The molecule has 1 aliphatic rings. The van der Waals surface area contributed by atoms with E-state index in [4.69, 9.17) is 11.6 Å². The molecule has 0 bridgehead atoms. The van der Waals surface area contributed by atoms with E-state index in [2.05, 4.69) is 15.3 Å². The zero-order valence-electron chi connectivity index (χ0n) is 11.6. The molecular formula is C16H16ClN3O. The lowest BCUT2D eigenvalue weighted by Gasteiger charge is -2.31. The third-order valence-corrected chi connectivity index (χ3v) is 4.24. The first-order valence-electron chi connectivity index (χ1n) is 7.03. The van der Waals surface area contributed by atoms with Gasteiger partial charge in [-0.15, -0.1) is 0 Å². The van der Waals surface area contributed by atoms with Crippen molar-refractivity contribution in [1.29, 1.82) is 0 Å². The standard InChI is InChI=1S/C16H16ClN3O/c17-14-5-3-4-13(8-14)16(6-1-2-7-16)20-15(21)12-9-18-11-19-10-12/h3-5,8-11H,1-2,6-7H2,(H,20,21). The number of carbonyl (C=O) groups is 1. The van der Waals surface area contributed by atoms with Crippen LogP contribution in [-0.4, -0.2) is 15.9 Å². The van der Waals surface area contributed by atoms with Crippen LogP contribution in [0.15, 0.2) is 43.0 Å². The van der Waals surface area contributed by atoms with Crippen LogP contribution in [0.25, 0.3) is 0 Å². The van der Waals surface area contributed by atoms with Crippen molar-refractivity contribution in [3.05, 3.63) is 59.1 Å². The zero-order valence-corrected chi connectivity index (χ0v) is 12.3. The Hall–Kier alpha value is -1.94. The molecule has 108 valence electrons. The third-order valence-electron chi connectivity index (χ3n) is 4.01. The highest BCUT2D eigenvalue weighted by molar-refractivity contribution is 6.30. The van der Waals surface area contributed by atoms with Crippen molar-refractivity contribution in [2.24, 2.45) is 0 Å². The van der Waals surface area contributed by atoms with Gasteiger partial charge in [-0.1, -0.05) is 36.6 Å². The first-order chi connectivity index (χ1) is 10.2. The summed E-state index contributed by atoms with van der Waals surface area (Å²) in [6.45, 7) is 0. The lowest BCUT2D eigenvalue weighted by Crippen LogP contribution is -2.43. The van der Waals surface area contributed by atoms with Crippen molar-refractivity contribution >= 4 is 17.5 Å². The van der Waals surface area contributed by atoms with Crippen LogP contribution >= 0.6 is 11.6 Å². The van der Waals surface area contributed by atoms with E-state index in [-0.39, 0.29) is 11.4 Å². The van der Waals surface area contributed by atoms with Gasteiger partial charge in [0.2, 0.25) is 0 Å². The molecule has 5 heteroatoms. The van der Waals surface area contributed by atoms with E-state index in [1.54, 1.807) is 0 Å². The minimum absolute atomic E-state index is 0.141. The molecule has 0 saturated heterocycles. The molecule has 1 aliphatic carbocycles. The summed E-state index contributed by atoms with van der Waals surface area (Å²) in [6.07, 6.45) is 8.51. The predicted molar refractivity (Wildman–Crippen MR) is 81.1 cm³/mol. The van der Waals surface area contributed by atoms with Crippen molar-refractivity contribution in [2.75, 3.05) is 0 Å². The Balaban J connectivity index is 1.90. The summed E-state index contributed by atoms with van der Waals surface area (Å²) in [4.78, 5) is 20.2. The molecule has 1 amide bonds. The Morgan fingerprint density at radius 2 is 1.90 bits per heavy atom. The summed E-state index contributed by atoms with van der Waals surface area (Å²) < 4.78 is 0. The molecule has 0 atom stereocenters. The van der Waals surface area contributed by atoms with Gasteiger partial charge in [-0.05, 0) is 30.5 Å². The molecular weight excluding hydrogens is 286 g/mol. The van der Waals surface area contributed by atoms with E-state index in [1.807, 2.05) is 24.3 Å². The summed E-state index contributed by atoms with van der Waals surface area (Å²) in [5, 5.41) is 3.87. The second kappa shape index (κ2) is 5.82. The fourth-order valence-electron chi connectivity index (χ4n) is 2.96. The van der Waals surface area contributed by atoms with Gasteiger partial charge in [0.15, 0.2) is 0 Å². The van der Waals surface area contributed by atoms with Crippen LogP contribution in [0.3, 0.4) is 0 Å². The number of benzene rings is 1. The topological polar surface area (TPSA) is 54.9 Å². The molecule has 0 spiro atoms. The molecule has 1 N–H and O–H groups in total. The normalized spacial score (nSPS) is 16.6. The fraction of sp³-hybridized carbons (Fsp3) is 0.312. The largest absolute Gasteiger partial charge is 0.342 e. The minimum atomic E-state index is -0.335. The molecule has 2 aromatic rings. The first-order valence-corrected chi connectivity index (χ1v) is 7.41. The number of nitrogens with zero attached hydrogens (tertiary/aromatic N) is 2. The second-order valence-electron chi connectivity index (χ2n) is 5.38. The van der Waals surface area contributed by atoms with Gasteiger partial charge in [0.1, 0.15) is 6.33 Å². The van der Waals surface area contributed by atoms with Crippen molar-refractivity contribution in [3.8, 4) is 0 Å². The summed E-state index contributed by atoms with van der Waals surface area (Å²) in [7, 11) is 0. The molecule has 1 fully saturated rings. The molecule has 1 saturated carbocycles. The van der Waals surface area contributed by atoms with E-state index in [0.29, 0.717) is 10.6 Å². The van der Waals surface area contributed by atoms with E-state index in [9.17, 15) is 4.79 Å². The Kier molecular flexibility index (Phi) is 3.88. The number of hydrogen-bond donors (Lipinski definition) is 1. The average Bonchev–Trinajstić information content (AvgIpc) is 2.98. The zero-order chi connectivity index (χ0) is 14.7. The maximum absolute atomic E-state index is 12.4. The monoisotopic (exact) mass is 301 g/mol. The van der Waals surface area contributed by atoms with E-state index < -0.39 is 0 Å². The first kappa shape index (κ1) is 14.0. The van der Waals surface area contributed by atoms with E-state index in [0.717, 1.165) is 31.2 Å². The molecule has 4 nitrogen and oxygen atoms in total. The molecule has 0 unspecified atom stereocenters. The predicted octanol–water partition coefficient (Wildman–Crippen LogP) is 3.33. The summed E-state index contributed by atoms with van der Waals surface area (Å²) in [6, 6.07) is 7.74. The van der Waals surface area contributed by atoms with Gasteiger partial charge < -0.3 is 5.32 Å². The number of amides is 1. The molecule has 1 aromatic heterocycles. The van der Waals surface area contributed by atoms with Crippen LogP contribution in [0.1, 0.15) is 41.6 Å². The Morgan fingerprint density at radius 1 is 1.19 bits per heavy atom. The van der Waals surface area contributed by atoms with Crippen LogP contribution < -0.4 is 5.32 Å². The van der Waals surface area contributed by atoms with Gasteiger partial charge in [-0.2, -0.15) is 0 Å². The lowest BCUT2D eigenvalue weighted by molar-refractivity contribution is 0.0897. The van der Waals surface area contributed by atoms with Gasteiger partial charge in [-0.3, -0.25) is 4.79 Å². The van der Waals surface area contributed by atoms with Crippen molar-refractivity contribution in [3.63, 3.8) is 0 Å². The number of carbonyl (C=O) groups excluding carboxylic acids is 1. The molecule has 0 radical (unpaired) electrons. The maximum Gasteiger partial charge on any atom is 0.255 e. The van der Waals surface area contributed by atoms with Crippen LogP contribution in [0, 0.1) is 0 Å². The Bertz CT molecular complexity index is 639. The van der Waals surface area contributed by atoms with Gasteiger partial charge in [0.25, 0.3) is 5.91 Å². The quantitative estimate of drug-likeness (QED) is 0.946. The molecule has 21 heavy (non-hydrogen) atoms.